The van der Waals surface area contributed by atoms with Gasteiger partial charge in [-0.3, -0.25) is 19.1 Å². The highest BCUT2D eigenvalue weighted by molar-refractivity contribution is 7.09. The van der Waals surface area contributed by atoms with Gasteiger partial charge in [-0.1, -0.05) is 0 Å². The first kappa shape index (κ1) is 15.2. The van der Waals surface area contributed by atoms with Crippen molar-refractivity contribution in [2.75, 3.05) is 6.54 Å². The Hall–Kier alpha value is -2.22. The smallest absolute Gasteiger partial charge is 0.328 e. The fourth-order valence-electron chi connectivity index (χ4n) is 1.82. The average molecular weight is 308 g/mol. The van der Waals surface area contributed by atoms with Crippen molar-refractivity contribution in [3.8, 4) is 0 Å². The molecule has 0 fully saturated rings. The predicted molar refractivity (Wildman–Crippen MR) is 79.5 cm³/mol. The van der Waals surface area contributed by atoms with Crippen molar-refractivity contribution in [2.45, 2.75) is 26.3 Å². The minimum absolute atomic E-state index is 0.102. The van der Waals surface area contributed by atoms with Gasteiger partial charge in [-0.15, -0.1) is 11.3 Å². The van der Waals surface area contributed by atoms with Crippen molar-refractivity contribution in [3.05, 3.63) is 49.2 Å². The van der Waals surface area contributed by atoms with Gasteiger partial charge in [0.25, 0.3) is 5.56 Å². The Bertz CT molecular complexity index is 731. The largest absolute Gasteiger partial charge is 0.355 e. The predicted octanol–water partition coefficient (Wildman–Crippen LogP) is 0.0505. The maximum absolute atomic E-state index is 11.7. The standard InChI is InChI=1S/C13H16N4O3S/c1-9-10(21-8-15-9)3-2-5-14-12(19)7-17-6-4-11(18)16-13(17)20/h4,6,8H,2-3,5,7H2,1H3,(H,14,19)(H,16,18,20). The molecular weight excluding hydrogens is 292 g/mol. The van der Waals surface area contributed by atoms with Crippen LogP contribution < -0.4 is 16.6 Å². The number of hydrogen-bond acceptors (Lipinski definition) is 5. The zero-order valence-electron chi connectivity index (χ0n) is 11.6. The second-order valence-corrected chi connectivity index (χ2v) is 5.49. The Balaban J connectivity index is 1.76. The summed E-state index contributed by atoms with van der Waals surface area (Å²) in [6.45, 7) is 2.40. The van der Waals surface area contributed by atoms with Crippen LogP contribution in [0.3, 0.4) is 0 Å². The Kier molecular flexibility index (Phi) is 5.04. The molecule has 2 aromatic heterocycles. The van der Waals surface area contributed by atoms with Gasteiger partial charge in [-0.2, -0.15) is 0 Å². The van der Waals surface area contributed by atoms with Crippen molar-refractivity contribution in [2.24, 2.45) is 0 Å². The van der Waals surface area contributed by atoms with E-state index in [1.165, 1.54) is 17.1 Å². The van der Waals surface area contributed by atoms with Crippen molar-refractivity contribution in [1.82, 2.24) is 19.9 Å². The molecule has 0 aliphatic rings. The molecule has 2 aromatic rings. The number of aromatic amines is 1. The summed E-state index contributed by atoms with van der Waals surface area (Å²) >= 11 is 1.61. The van der Waals surface area contributed by atoms with Crippen molar-refractivity contribution in [1.29, 1.82) is 0 Å². The first-order chi connectivity index (χ1) is 10.1. The lowest BCUT2D eigenvalue weighted by Crippen LogP contribution is -2.35. The number of nitrogens with zero attached hydrogens (tertiary/aromatic N) is 2. The van der Waals surface area contributed by atoms with Crippen LogP contribution in [-0.2, 0) is 17.8 Å². The number of carbonyl (C=O) groups is 1. The van der Waals surface area contributed by atoms with E-state index in [1.807, 2.05) is 12.4 Å². The second kappa shape index (κ2) is 6.98. The zero-order chi connectivity index (χ0) is 15.2. The summed E-state index contributed by atoms with van der Waals surface area (Å²) in [7, 11) is 0. The number of hydrogen-bond donors (Lipinski definition) is 2. The van der Waals surface area contributed by atoms with E-state index in [-0.39, 0.29) is 12.5 Å². The molecule has 0 aliphatic carbocycles. The lowest BCUT2D eigenvalue weighted by atomic mass is 10.2. The third kappa shape index (κ3) is 4.38. The molecule has 0 radical (unpaired) electrons. The number of thiazole rings is 1. The van der Waals surface area contributed by atoms with Crippen molar-refractivity contribution < 1.29 is 4.79 Å². The molecule has 0 unspecified atom stereocenters. The SMILES string of the molecule is Cc1ncsc1CCCNC(=O)Cn1ccc(=O)[nH]c1=O. The molecule has 0 saturated heterocycles. The van der Waals surface area contributed by atoms with E-state index in [2.05, 4.69) is 15.3 Å². The van der Waals surface area contributed by atoms with Gasteiger partial charge < -0.3 is 5.32 Å². The number of amides is 1. The molecule has 1 amide bonds. The molecule has 0 aromatic carbocycles. The van der Waals surface area contributed by atoms with E-state index >= 15 is 0 Å². The summed E-state index contributed by atoms with van der Waals surface area (Å²) in [5, 5.41) is 2.75. The number of rotatable bonds is 6. The van der Waals surface area contributed by atoms with Gasteiger partial charge >= 0.3 is 5.69 Å². The van der Waals surface area contributed by atoms with Crippen LogP contribution in [0.1, 0.15) is 17.0 Å². The Morgan fingerprint density at radius 3 is 2.95 bits per heavy atom. The molecule has 0 atom stereocenters. The normalized spacial score (nSPS) is 10.5. The van der Waals surface area contributed by atoms with Crippen LogP contribution >= 0.6 is 11.3 Å². The van der Waals surface area contributed by atoms with Crippen LogP contribution in [0.15, 0.2) is 27.4 Å². The van der Waals surface area contributed by atoms with E-state index in [4.69, 9.17) is 0 Å². The molecule has 0 bridgehead atoms. The summed E-state index contributed by atoms with van der Waals surface area (Å²) in [5.41, 5.74) is 1.78. The zero-order valence-corrected chi connectivity index (χ0v) is 12.4. The van der Waals surface area contributed by atoms with Gasteiger partial charge in [0, 0.05) is 23.7 Å². The first-order valence-electron chi connectivity index (χ1n) is 6.51. The van der Waals surface area contributed by atoms with Crippen LogP contribution in [-0.4, -0.2) is 27.0 Å². The maximum atomic E-state index is 11.7. The minimum atomic E-state index is -0.585. The average Bonchev–Trinajstić information content (AvgIpc) is 2.84. The van der Waals surface area contributed by atoms with Gasteiger partial charge in [0.1, 0.15) is 6.54 Å². The number of nitrogens with one attached hydrogen (secondary N) is 2. The van der Waals surface area contributed by atoms with Crippen LogP contribution in [0.5, 0.6) is 0 Å². The van der Waals surface area contributed by atoms with Gasteiger partial charge in [0.05, 0.1) is 11.2 Å². The summed E-state index contributed by atoms with van der Waals surface area (Å²) in [6, 6.07) is 1.21. The van der Waals surface area contributed by atoms with Gasteiger partial charge in [0.2, 0.25) is 5.91 Å². The molecule has 0 spiro atoms. The fraction of sp³-hybridized carbons (Fsp3) is 0.385. The minimum Gasteiger partial charge on any atom is -0.355 e. The number of aromatic nitrogens is 3. The first-order valence-corrected chi connectivity index (χ1v) is 7.39. The molecule has 21 heavy (non-hydrogen) atoms. The van der Waals surface area contributed by atoms with Gasteiger partial charge in [-0.05, 0) is 19.8 Å². The van der Waals surface area contributed by atoms with Crippen LogP contribution in [0.2, 0.25) is 0 Å². The second-order valence-electron chi connectivity index (χ2n) is 4.55. The summed E-state index contributed by atoms with van der Waals surface area (Å²) < 4.78 is 1.16. The highest BCUT2D eigenvalue weighted by Gasteiger charge is 2.05. The number of H-pyrrole nitrogens is 1. The maximum Gasteiger partial charge on any atom is 0.328 e. The highest BCUT2D eigenvalue weighted by Crippen LogP contribution is 2.13. The van der Waals surface area contributed by atoms with Crippen LogP contribution in [0, 0.1) is 6.92 Å². The van der Waals surface area contributed by atoms with Gasteiger partial charge in [-0.25, -0.2) is 9.78 Å². The molecule has 2 heterocycles. The summed E-state index contributed by atoms with van der Waals surface area (Å²) in [5.74, 6) is -0.259. The Morgan fingerprint density at radius 1 is 1.48 bits per heavy atom. The Labute approximate surface area is 124 Å². The van der Waals surface area contributed by atoms with Crippen LogP contribution in [0.4, 0.5) is 0 Å². The number of aryl methyl sites for hydroxylation is 2. The fourth-order valence-corrected chi connectivity index (χ4v) is 2.65. The summed E-state index contributed by atoms with van der Waals surface area (Å²) in [4.78, 5) is 41.5. The van der Waals surface area contributed by atoms with E-state index in [0.717, 1.165) is 23.1 Å². The lowest BCUT2D eigenvalue weighted by Gasteiger charge is -2.06. The molecule has 2 N–H and O–H groups in total. The number of carbonyl (C=O) groups excluding carboxylic acids is 1. The molecule has 8 heteroatoms. The molecular formula is C13H16N4O3S. The molecule has 2 rings (SSSR count). The quantitative estimate of drug-likeness (QED) is 0.737. The van der Waals surface area contributed by atoms with Crippen molar-refractivity contribution >= 4 is 17.2 Å². The van der Waals surface area contributed by atoms with E-state index in [9.17, 15) is 14.4 Å². The summed E-state index contributed by atoms with van der Waals surface area (Å²) in [6.07, 6.45) is 2.99. The molecule has 0 aliphatic heterocycles. The molecule has 7 nitrogen and oxygen atoms in total. The molecule has 112 valence electrons. The third-order valence-electron chi connectivity index (χ3n) is 2.96. The lowest BCUT2D eigenvalue weighted by molar-refractivity contribution is -0.121. The topological polar surface area (TPSA) is 96.8 Å². The third-order valence-corrected chi connectivity index (χ3v) is 3.95. The van der Waals surface area contributed by atoms with E-state index < -0.39 is 11.2 Å². The van der Waals surface area contributed by atoms with E-state index in [0.29, 0.717) is 6.54 Å². The van der Waals surface area contributed by atoms with E-state index in [1.54, 1.807) is 11.3 Å². The van der Waals surface area contributed by atoms with Crippen LogP contribution in [0.25, 0.3) is 0 Å². The highest BCUT2D eigenvalue weighted by atomic mass is 32.1. The van der Waals surface area contributed by atoms with Crippen molar-refractivity contribution in [3.63, 3.8) is 0 Å². The molecule has 0 saturated carbocycles. The Morgan fingerprint density at radius 2 is 2.29 bits per heavy atom. The van der Waals surface area contributed by atoms with Gasteiger partial charge in [0.15, 0.2) is 0 Å². The monoisotopic (exact) mass is 308 g/mol.